The molecular formula is C17H27FN2O2. The van der Waals surface area contributed by atoms with Gasteiger partial charge in [0.2, 0.25) is 0 Å². The van der Waals surface area contributed by atoms with Crippen LogP contribution in [0, 0.1) is 24.6 Å². The first-order valence-corrected chi connectivity index (χ1v) is 7.80. The number of hydrogen-bond acceptors (Lipinski definition) is 2. The summed E-state index contributed by atoms with van der Waals surface area (Å²) in [5, 5.41) is 14.6. The number of aliphatic hydroxyl groups excluding tert-OH is 1. The average Bonchev–Trinajstić information content (AvgIpc) is 2.45. The van der Waals surface area contributed by atoms with Crippen molar-refractivity contribution in [2.75, 3.05) is 13.2 Å². The molecule has 0 aliphatic rings. The number of aryl methyl sites for hydroxylation is 1. The second-order valence-corrected chi connectivity index (χ2v) is 6.15. The Morgan fingerprint density at radius 2 is 2.05 bits per heavy atom. The average molecular weight is 310 g/mol. The molecule has 0 heterocycles. The van der Waals surface area contributed by atoms with Crippen molar-refractivity contribution in [3.05, 3.63) is 35.1 Å². The molecule has 1 aromatic rings. The number of hydrogen-bond donors (Lipinski definition) is 3. The fraction of sp³-hybridized carbons (Fsp3) is 0.588. The summed E-state index contributed by atoms with van der Waals surface area (Å²) in [5.74, 6) is 0.532. The van der Waals surface area contributed by atoms with Crippen LogP contribution in [0.25, 0.3) is 0 Å². The molecule has 0 spiro atoms. The summed E-state index contributed by atoms with van der Waals surface area (Å²) in [6.07, 6.45) is 1.64. The first-order chi connectivity index (χ1) is 10.4. The zero-order valence-corrected chi connectivity index (χ0v) is 13.7. The van der Waals surface area contributed by atoms with E-state index in [2.05, 4.69) is 24.5 Å². The zero-order valence-electron chi connectivity index (χ0n) is 13.7. The fourth-order valence-corrected chi connectivity index (χ4v) is 2.38. The Morgan fingerprint density at radius 3 is 2.64 bits per heavy atom. The number of amides is 2. The maximum absolute atomic E-state index is 13.4. The van der Waals surface area contributed by atoms with Gasteiger partial charge in [-0.15, -0.1) is 0 Å². The van der Waals surface area contributed by atoms with Crippen LogP contribution in [0.2, 0.25) is 0 Å². The molecule has 1 aromatic carbocycles. The van der Waals surface area contributed by atoms with Gasteiger partial charge in [-0.3, -0.25) is 0 Å². The Labute approximate surface area is 132 Å². The maximum Gasteiger partial charge on any atom is 0.315 e. The van der Waals surface area contributed by atoms with Gasteiger partial charge < -0.3 is 15.7 Å². The number of carbonyl (C=O) groups excluding carboxylic acids is 1. The predicted octanol–water partition coefficient (Wildman–Crippen LogP) is 2.98. The lowest BCUT2D eigenvalue weighted by Crippen LogP contribution is -2.38. The summed E-state index contributed by atoms with van der Waals surface area (Å²) < 4.78 is 13.4. The summed E-state index contributed by atoms with van der Waals surface area (Å²) in [6, 6.07) is 4.66. The van der Waals surface area contributed by atoms with Crippen LogP contribution < -0.4 is 10.6 Å². The van der Waals surface area contributed by atoms with Gasteiger partial charge in [0.1, 0.15) is 5.82 Å². The van der Waals surface area contributed by atoms with Crippen molar-refractivity contribution in [2.24, 2.45) is 11.8 Å². The van der Waals surface area contributed by atoms with E-state index in [1.807, 2.05) is 0 Å². The smallest absolute Gasteiger partial charge is 0.315 e. The number of urea groups is 1. The highest BCUT2D eigenvalue weighted by Crippen LogP contribution is 2.14. The number of rotatable bonds is 8. The van der Waals surface area contributed by atoms with Gasteiger partial charge in [-0.1, -0.05) is 26.0 Å². The standard InChI is InChI=1S/C17H27FN2O2/c1-12(2)8-15(6-7-21)11-20-17(22)19-10-14-5-4-13(3)16(18)9-14/h4-5,9,12,15,21H,6-8,10-11H2,1-3H3,(H2,19,20,22). The predicted molar refractivity (Wildman–Crippen MR) is 86.0 cm³/mol. The van der Waals surface area contributed by atoms with E-state index in [4.69, 9.17) is 5.11 Å². The molecule has 0 bridgehead atoms. The van der Waals surface area contributed by atoms with Crippen molar-refractivity contribution in [3.63, 3.8) is 0 Å². The van der Waals surface area contributed by atoms with Crippen molar-refractivity contribution >= 4 is 6.03 Å². The minimum Gasteiger partial charge on any atom is -0.396 e. The van der Waals surface area contributed by atoms with Gasteiger partial charge >= 0.3 is 6.03 Å². The zero-order chi connectivity index (χ0) is 16.5. The first kappa shape index (κ1) is 18.4. The summed E-state index contributed by atoms with van der Waals surface area (Å²) in [7, 11) is 0. The molecule has 22 heavy (non-hydrogen) atoms. The van der Waals surface area contributed by atoms with Crippen LogP contribution in [-0.4, -0.2) is 24.3 Å². The molecule has 3 N–H and O–H groups in total. The van der Waals surface area contributed by atoms with Crippen LogP contribution in [0.3, 0.4) is 0 Å². The Hall–Kier alpha value is -1.62. The molecule has 0 saturated carbocycles. The molecule has 0 aromatic heterocycles. The highest BCUT2D eigenvalue weighted by Gasteiger charge is 2.12. The Balaban J connectivity index is 2.37. The van der Waals surface area contributed by atoms with E-state index in [1.165, 1.54) is 6.07 Å². The molecule has 4 nitrogen and oxygen atoms in total. The van der Waals surface area contributed by atoms with Crippen molar-refractivity contribution in [2.45, 2.75) is 40.2 Å². The van der Waals surface area contributed by atoms with Crippen LogP contribution in [0.5, 0.6) is 0 Å². The van der Waals surface area contributed by atoms with E-state index in [0.29, 0.717) is 24.4 Å². The number of benzene rings is 1. The van der Waals surface area contributed by atoms with Crippen molar-refractivity contribution in [1.29, 1.82) is 0 Å². The third-order valence-electron chi connectivity index (χ3n) is 3.58. The van der Waals surface area contributed by atoms with Crippen LogP contribution in [0.4, 0.5) is 9.18 Å². The van der Waals surface area contributed by atoms with Gasteiger partial charge in [0.25, 0.3) is 0 Å². The molecule has 0 saturated heterocycles. The number of aliphatic hydroxyl groups is 1. The normalized spacial score (nSPS) is 12.3. The van der Waals surface area contributed by atoms with E-state index in [-0.39, 0.29) is 30.9 Å². The summed E-state index contributed by atoms with van der Waals surface area (Å²) in [4.78, 5) is 11.8. The van der Waals surface area contributed by atoms with E-state index in [1.54, 1.807) is 19.1 Å². The summed E-state index contributed by atoms with van der Waals surface area (Å²) >= 11 is 0. The minimum atomic E-state index is -0.271. The van der Waals surface area contributed by atoms with E-state index < -0.39 is 0 Å². The number of carbonyl (C=O) groups is 1. The fourth-order valence-electron chi connectivity index (χ4n) is 2.38. The van der Waals surface area contributed by atoms with Crippen molar-refractivity contribution in [3.8, 4) is 0 Å². The van der Waals surface area contributed by atoms with Crippen molar-refractivity contribution < 1.29 is 14.3 Å². The lowest BCUT2D eigenvalue weighted by atomic mass is 9.94. The highest BCUT2D eigenvalue weighted by molar-refractivity contribution is 5.73. The molecule has 0 aliphatic carbocycles. The van der Waals surface area contributed by atoms with Crippen molar-refractivity contribution in [1.82, 2.24) is 10.6 Å². The molecule has 2 amide bonds. The third kappa shape index (κ3) is 6.89. The molecular weight excluding hydrogens is 283 g/mol. The van der Waals surface area contributed by atoms with Crippen LogP contribution in [0.15, 0.2) is 18.2 Å². The lowest BCUT2D eigenvalue weighted by molar-refractivity contribution is 0.225. The van der Waals surface area contributed by atoms with Crippen LogP contribution in [0.1, 0.15) is 37.8 Å². The van der Waals surface area contributed by atoms with Crippen LogP contribution >= 0.6 is 0 Å². The third-order valence-corrected chi connectivity index (χ3v) is 3.58. The van der Waals surface area contributed by atoms with Gasteiger partial charge in [-0.05, 0) is 48.8 Å². The summed E-state index contributed by atoms with van der Waals surface area (Å²) in [5.41, 5.74) is 1.32. The van der Waals surface area contributed by atoms with Gasteiger partial charge in [0, 0.05) is 19.7 Å². The van der Waals surface area contributed by atoms with Gasteiger partial charge in [0.05, 0.1) is 0 Å². The first-order valence-electron chi connectivity index (χ1n) is 7.80. The Bertz CT molecular complexity index is 478. The second-order valence-electron chi connectivity index (χ2n) is 6.15. The molecule has 124 valence electrons. The molecule has 1 unspecified atom stereocenters. The van der Waals surface area contributed by atoms with E-state index in [0.717, 1.165) is 12.0 Å². The molecule has 1 rings (SSSR count). The molecule has 0 aliphatic heterocycles. The van der Waals surface area contributed by atoms with E-state index in [9.17, 15) is 9.18 Å². The number of halogens is 1. The molecule has 0 fully saturated rings. The van der Waals surface area contributed by atoms with Gasteiger partial charge in [-0.2, -0.15) is 0 Å². The monoisotopic (exact) mass is 310 g/mol. The minimum absolute atomic E-state index is 0.128. The largest absolute Gasteiger partial charge is 0.396 e. The Morgan fingerprint density at radius 1 is 1.32 bits per heavy atom. The lowest BCUT2D eigenvalue weighted by Gasteiger charge is -2.18. The molecule has 1 atom stereocenters. The quantitative estimate of drug-likeness (QED) is 0.691. The number of nitrogens with one attached hydrogen (secondary N) is 2. The molecule has 0 radical (unpaired) electrons. The highest BCUT2D eigenvalue weighted by atomic mass is 19.1. The SMILES string of the molecule is Cc1ccc(CNC(=O)NCC(CCO)CC(C)C)cc1F. The second kappa shape index (κ2) is 9.41. The summed E-state index contributed by atoms with van der Waals surface area (Å²) in [6.45, 7) is 6.90. The Kier molecular flexibility index (Phi) is 7.88. The van der Waals surface area contributed by atoms with E-state index >= 15 is 0 Å². The van der Waals surface area contributed by atoms with Gasteiger partial charge in [0.15, 0.2) is 0 Å². The topological polar surface area (TPSA) is 61.4 Å². The maximum atomic E-state index is 13.4. The van der Waals surface area contributed by atoms with Gasteiger partial charge in [-0.25, -0.2) is 9.18 Å². The molecule has 5 heteroatoms. The van der Waals surface area contributed by atoms with Crippen LogP contribution in [-0.2, 0) is 6.54 Å².